The van der Waals surface area contributed by atoms with Gasteiger partial charge in [0.25, 0.3) is 0 Å². The van der Waals surface area contributed by atoms with Gasteiger partial charge in [-0.1, -0.05) is 12.1 Å². The molecule has 42 heavy (non-hydrogen) atoms. The first-order chi connectivity index (χ1) is 20.5. The Morgan fingerprint density at radius 3 is 2.69 bits per heavy atom. The van der Waals surface area contributed by atoms with Crippen LogP contribution in [0.15, 0.2) is 48.9 Å². The van der Waals surface area contributed by atoms with Gasteiger partial charge in [0, 0.05) is 75.8 Å². The number of nitrogens with one attached hydrogen (secondary N) is 1. The Kier molecular flexibility index (Phi) is 8.20. The van der Waals surface area contributed by atoms with E-state index < -0.39 is 0 Å². The van der Waals surface area contributed by atoms with E-state index >= 15 is 0 Å². The fourth-order valence-electron chi connectivity index (χ4n) is 5.25. The highest BCUT2D eigenvalue weighted by Gasteiger charge is 2.20. The number of aromatic nitrogens is 5. The molecule has 0 aliphatic carbocycles. The van der Waals surface area contributed by atoms with E-state index in [0.717, 1.165) is 60.9 Å². The summed E-state index contributed by atoms with van der Waals surface area (Å²) in [5.74, 6) is 4.00. The van der Waals surface area contributed by atoms with Crippen LogP contribution >= 0.6 is 0 Å². The number of rotatable bonds is 5. The maximum atomic E-state index is 6.53. The third kappa shape index (κ3) is 6.17. The van der Waals surface area contributed by atoms with Gasteiger partial charge in [0.05, 0.1) is 25.5 Å². The van der Waals surface area contributed by atoms with Crippen LogP contribution in [-0.4, -0.2) is 87.1 Å². The van der Waals surface area contributed by atoms with Crippen molar-refractivity contribution < 1.29 is 14.2 Å². The summed E-state index contributed by atoms with van der Waals surface area (Å²) in [7, 11) is 4.02. The first-order valence-electron chi connectivity index (χ1n) is 14.6. The van der Waals surface area contributed by atoms with Crippen molar-refractivity contribution in [2.75, 3.05) is 51.8 Å². The topological polar surface area (TPSA) is 103 Å². The molecule has 1 fully saturated rings. The van der Waals surface area contributed by atoms with Gasteiger partial charge in [-0.25, -0.2) is 19.6 Å². The van der Waals surface area contributed by atoms with Gasteiger partial charge in [-0.15, -0.1) is 0 Å². The highest BCUT2D eigenvalue weighted by Crippen LogP contribution is 2.37. The van der Waals surface area contributed by atoms with Crippen LogP contribution in [0.2, 0.25) is 0 Å². The molecule has 0 radical (unpaired) electrons. The third-order valence-corrected chi connectivity index (χ3v) is 7.66. The van der Waals surface area contributed by atoms with E-state index in [4.69, 9.17) is 24.2 Å². The van der Waals surface area contributed by atoms with E-state index in [0.29, 0.717) is 43.0 Å². The van der Waals surface area contributed by atoms with Crippen molar-refractivity contribution >= 4 is 11.6 Å². The Hall–Kier alpha value is -4.22. The van der Waals surface area contributed by atoms with Crippen molar-refractivity contribution in [2.45, 2.75) is 32.9 Å². The fraction of sp³-hybridized carbons (Fsp3) is 0.419. The Morgan fingerprint density at radius 1 is 1.00 bits per heavy atom. The van der Waals surface area contributed by atoms with Crippen LogP contribution in [0.1, 0.15) is 25.8 Å². The Balaban J connectivity index is 1.32. The number of likely N-dealkylation sites (N-methyl/N-ethyl adjacent to an activating group) is 1. The van der Waals surface area contributed by atoms with Gasteiger partial charge in [-0.05, 0) is 38.6 Å². The molecule has 0 saturated carbocycles. The van der Waals surface area contributed by atoms with Crippen LogP contribution in [0.3, 0.4) is 0 Å². The Morgan fingerprint density at radius 2 is 1.86 bits per heavy atom. The smallest absolute Gasteiger partial charge is 0.222 e. The number of benzene rings is 1. The van der Waals surface area contributed by atoms with Crippen LogP contribution in [0.25, 0.3) is 22.5 Å². The van der Waals surface area contributed by atoms with Gasteiger partial charge < -0.3 is 24.4 Å². The minimum Gasteiger partial charge on any atom is -0.494 e. The highest BCUT2D eigenvalue weighted by molar-refractivity contribution is 5.74. The SMILES string of the molecule is CCOc1cc(-c2cnc3cc2O[C@@H](C)CCOc2c(cnn2C)-c2nccc(n2)N3)ccc1CN1CCN(C)CC1. The molecule has 1 aromatic carbocycles. The number of piperazine rings is 1. The average molecular weight is 571 g/mol. The number of pyridine rings is 1. The van der Waals surface area contributed by atoms with Crippen LogP contribution in [0.4, 0.5) is 11.6 Å². The molecule has 11 heteroatoms. The molecule has 2 aliphatic rings. The first kappa shape index (κ1) is 27.9. The van der Waals surface area contributed by atoms with Crippen molar-refractivity contribution in [1.82, 2.24) is 34.5 Å². The number of hydrogen-bond acceptors (Lipinski definition) is 10. The predicted octanol–water partition coefficient (Wildman–Crippen LogP) is 4.38. The van der Waals surface area contributed by atoms with Crippen molar-refractivity contribution in [2.24, 2.45) is 7.05 Å². The Bertz CT molecular complexity index is 1530. The van der Waals surface area contributed by atoms with Crippen molar-refractivity contribution in [3.8, 4) is 39.9 Å². The average Bonchev–Trinajstić information content (AvgIpc) is 3.35. The standard InChI is InChI=1S/C31H38N8O3/c1-5-40-26-16-22(6-7-23(26)20-39-13-11-37(3)12-14-39)24-18-33-29-17-27(24)42-21(2)9-15-41-31-25(19-34-38(31)4)30-32-10-8-28(35-29)36-30/h6-8,10,16-19,21H,5,9,11-15,20H2,1-4H3,(H,32,33,35,36)/t21-/m0/s1. The number of ether oxygens (including phenoxy) is 3. The van der Waals surface area contributed by atoms with E-state index in [1.807, 2.05) is 33.2 Å². The monoisotopic (exact) mass is 570 g/mol. The van der Waals surface area contributed by atoms with Crippen LogP contribution in [-0.2, 0) is 13.6 Å². The van der Waals surface area contributed by atoms with Gasteiger partial charge in [-0.3, -0.25) is 4.90 Å². The number of nitrogens with zero attached hydrogens (tertiary/aromatic N) is 7. The summed E-state index contributed by atoms with van der Waals surface area (Å²) in [5.41, 5.74) is 3.80. The Labute approximate surface area is 246 Å². The molecule has 6 rings (SSSR count). The summed E-state index contributed by atoms with van der Waals surface area (Å²) in [6, 6.07) is 10.1. The molecule has 1 saturated heterocycles. The molecule has 4 aromatic rings. The number of fused-ring (bicyclic) bond motifs is 6. The molecule has 0 amide bonds. The maximum absolute atomic E-state index is 6.53. The maximum Gasteiger partial charge on any atom is 0.222 e. The van der Waals surface area contributed by atoms with Gasteiger partial charge >= 0.3 is 0 Å². The molecule has 2 aliphatic heterocycles. The minimum absolute atomic E-state index is 0.115. The van der Waals surface area contributed by atoms with Crippen molar-refractivity contribution in [3.05, 3.63) is 54.5 Å². The molecular formula is C31H38N8O3. The van der Waals surface area contributed by atoms with Gasteiger partial charge in [0.2, 0.25) is 5.88 Å². The lowest BCUT2D eigenvalue weighted by molar-refractivity contribution is 0.146. The largest absolute Gasteiger partial charge is 0.494 e. The zero-order chi connectivity index (χ0) is 29.1. The van der Waals surface area contributed by atoms with E-state index in [1.54, 1.807) is 23.1 Å². The normalized spacial score (nSPS) is 17.8. The van der Waals surface area contributed by atoms with E-state index in [9.17, 15) is 0 Å². The number of aryl methyl sites for hydroxylation is 1. The molecule has 0 unspecified atom stereocenters. The van der Waals surface area contributed by atoms with Crippen LogP contribution in [0, 0.1) is 0 Å². The highest BCUT2D eigenvalue weighted by atomic mass is 16.5. The van der Waals surface area contributed by atoms with Gasteiger partial charge in [0.1, 0.15) is 28.7 Å². The quantitative estimate of drug-likeness (QED) is 0.372. The fourth-order valence-corrected chi connectivity index (χ4v) is 5.25. The summed E-state index contributed by atoms with van der Waals surface area (Å²) in [4.78, 5) is 18.7. The van der Waals surface area contributed by atoms with Crippen molar-refractivity contribution in [1.29, 1.82) is 0 Å². The molecule has 3 aromatic heterocycles. The number of hydrogen-bond donors (Lipinski definition) is 1. The van der Waals surface area contributed by atoms with E-state index in [-0.39, 0.29) is 6.10 Å². The van der Waals surface area contributed by atoms with E-state index in [1.165, 1.54) is 5.56 Å². The molecule has 5 heterocycles. The second-order valence-corrected chi connectivity index (χ2v) is 10.8. The molecule has 11 nitrogen and oxygen atoms in total. The van der Waals surface area contributed by atoms with E-state index in [2.05, 4.69) is 50.4 Å². The summed E-state index contributed by atoms with van der Waals surface area (Å²) in [5, 5.41) is 7.67. The lowest BCUT2D eigenvalue weighted by atomic mass is 10.0. The van der Waals surface area contributed by atoms with Crippen molar-refractivity contribution in [3.63, 3.8) is 0 Å². The second-order valence-electron chi connectivity index (χ2n) is 10.8. The minimum atomic E-state index is -0.115. The second kappa shape index (κ2) is 12.3. The molecule has 1 atom stereocenters. The summed E-state index contributed by atoms with van der Waals surface area (Å²) in [6.07, 6.45) is 5.83. The zero-order valence-electron chi connectivity index (χ0n) is 24.7. The molecule has 1 N–H and O–H groups in total. The lowest BCUT2D eigenvalue weighted by Crippen LogP contribution is -2.43. The van der Waals surface area contributed by atoms with Crippen LogP contribution < -0.4 is 19.5 Å². The van der Waals surface area contributed by atoms with Gasteiger partial charge in [0.15, 0.2) is 5.82 Å². The summed E-state index contributed by atoms with van der Waals surface area (Å²) in [6.45, 7) is 10.3. The first-order valence-corrected chi connectivity index (χ1v) is 14.6. The molecule has 220 valence electrons. The number of anilines is 2. The predicted molar refractivity (Wildman–Crippen MR) is 161 cm³/mol. The molecule has 4 bridgehead atoms. The third-order valence-electron chi connectivity index (χ3n) is 7.66. The molecular weight excluding hydrogens is 532 g/mol. The van der Waals surface area contributed by atoms with Gasteiger partial charge in [-0.2, -0.15) is 5.10 Å². The lowest BCUT2D eigenvalue weighted by Gasteiger charge is -2.32. The summed E-state index contributed by atoms with van der Waals surface area (Å²) >= 11 is 0. The van der Waals surface area contributed by atoms with Crippen LogP contribution in [0.5, 0.6) is 17.4 Å². The summed E-state index contributed by atoms with van der Waals surface area (Å²) < 4.78 is 20.5. The zero-order valence-corrected chi connectivity index (χ0v) is 24.7. The molecule has 0 spiro atoms.